The van der Waals surface area contributed by atoms with E-state index in [0.29, 0.717) is 33.3 Å². The van der Waals surface area contributed by atoms with E-state index in [-0.39, 0.29) is 11.3 Å². The molecule has 0 spiro atoms. The molecule has 1 fully saturated rings. The average molecular weight is 450 g/mol. The van der Waals surface area contributed by atoms with Gasteiger partial charge in [-0.2, -0.15) is 0 Å². The first-order valence-corrected chi connectivity index (χ1v) is 10.2. The molecular formula is C25H20ClNO5. The number of aliphatic hydroxyl groups excluding tert-OH is 1. The number of hydrogen-bond donors (Lipinski definition) is 1. The molecule has 0 aliphatic carbocycles. The summed E-state index contributed by atoms with van der Waals surface area (Å²) in [6, 6.07) is 19.4. The Morgan fingerprint density at radius 2 is 1.69 bits per heavy atom. The van der Waals surface area contributed by atoms with Crippen molar-refractivity contribution in [1.82, 2.24) is 0 Å². The Balaban J connectivity index is 2.00. The molecular weight excluding hydrogens is 430 g/mol. The summed E-state index contributed by atoms with van der Waals surface area (Å²) in [6.45, 7) is 0. The number of ketones is 1. The lowest BCUT2D eigenvalue weighted by Gasteiger charge is -2.27. The lowest BCUT2D eigenvalue weighted by Crippen LogP contribution is -2.29. The SMILES string of the molecule is COc1ccc(C2C(=C(O)c3ccccc3)C(=O)C(=O)N2c2cccc(Cl)c2)c(OC)c1. The molecule has 1 aliphatic heterocycles. The van der Waals surface area contributed by atoms with Crippen LogP contribution in [0.25, 0.3) is 5.76 Å². The number of Topliss-reactive ketones (excluding diaryl/α,β-unsaturated/α-hetero) is 1. The second kappa shape index (κ2) is 8.77. The number of aliphatic hydroxyl groups is 1. The molecule has 0 radical (unpaired) electrons. The number of ether oxygens (including phenoxy) is 2. The molecule has 1 amide bonds. The fourth-order valence-corrected chi connectivity index (χ4v) is 4.00. The zero-order valence-corrected chi connectivity index (χ0v) is 18.2. The highest BCUT2D eigenvalue weighted by Gasteiger charge is 2.48. The predicted molar refractivity (Wildman–Crippen MR) is 122 cm³/mol. The minimum Gasteiger partial charge on any atom is -0.507 e. The first kappa shape index (κ1) is 21.5. The molecule has 0 bridgehead atoms. The van der Waals surface area contributed by atoms with E-state index < -0.39 is 17.7 Å². The van der Waals surface area contributed by atoms with Gasteiger partial charge >= 0.3 is 0 Å². The van der Waals surface area contributed by atoms with Crippen LogP contribution >= 0.6 is 11.6 Å². The van der Waals surface area contributed by atoms with Gasteiger partial charge in [-0.15, -0.1) is 0 Å². The minimum absolute atomic E-state index is 0.0374. The summed E-state index contributed by atoms with van der Waals surface area (Å²) in [5.74, 6) is -0.881. The molecule has 32 heavy (non-hydrogen) atoms. The third-order valence-electron chi connectivity index (χ3n) is 5.31. The predicted octanol–water partition coefficient (Wildman–Crippen LogP) is 4.98. The summed E-state index contributed by atoms with van der Waals surface area (Å²) < 4.78 is 10.8. The highest BCUT2D eigenvalue weighted by Crippen LogP contribution is 2.45. The maximum Gasteiger partial charge on any atom is 0.300 e. The summed E-state index contributed by atoms with van der Waals surface area (Å²) in [6.07, 6.45) is 0. The smallest absolute Gasteiger partial charge is 0.300 e. The molecule has 1 aliphatic rings. The Kier molecular flexibility index (Phi) is 5.88. The lowest BCUT2D eigenvalue weighted by atomic mass is 9.94. The van der Waals surface area contributed by atoms with Crippen molar-refractivity contribution in [1.29, 1.82) is 0 Å². The van der Waals surface area contributed by atoms with Gasteiger partial charge in [0.1, 0.15) is 17.3 Å². The lowest BCUT2D eigenvalue weighted by molar-refractivity contribution is -0.132. The fourth-order valence-electron chi connectivity index (χ4n) is 3.81. The molecule has 3 aromatic rings. The van der Waals surface area contributed by atoms with Gasteiger partial charge in [-0.1, -0.05) is 48.0 Å². The molecule has 3 aromatic carbocycles. The van der Waals surface area contributed by atoms with Crippen LogP contribution in [-0.2, 0) is 9.59 Å². The van der Waals surface area contributed by atoms with Crippen molar-refractivity contribution in [3.05, 3.63) is 94.5 Å². The Morgan fingerprint density at radius 3 is 2.34 bits per heavy atom. The summed E-state index contributed by atoms with van der Waals surface area (Å²) in [5, 5.41) is 11.5. The fraction of sp³-hybridized carbons (Fsp3) is 0.120. The maximum atomic E-state index is 13.2. The van der Waals surface area contributed by atoms with Crippen molar-refractivity contribution >= 4 is 34.7 Å². The minimum atomic E-state index is -0.936. The Bertz CT molecular complexity index is 1220. The van der Waals surface area contributed by atoms with Crippen LogP contribution < -0.4 is 14.4 Å². The van der Waals surface area contributed by atoms with E-state index in [1.165, 1.54) is 19.1 Å². The van der Waals surface area contributed by atoms with Crippen molar-refractivity contribution in [3.8, 4) is 11.5 Å². The molecule has 1 heterocycles. The topological polar surface area (TPSA) is 76.1 Å². The van der Waals surface area contributed by atoms with Crippen LogP contribution in [0.3, 0.4) is 0 Å². The number of methoxy groups -OCH3 is 2. The van der Waals surface area contributed by atoms with Gasteiger partial charge < -0.3 is 14.6 Å². The van der Waals surface area contributed by atoms with E-state index in [2.05, 4.69) is 0 Å². The maximum absolute atomic E-state index is 13.2. The normalized spacial score (nSPS) is 17.5. The number of anilines is 1. The van der Waals surface area contributed by atoms with Gasteiger partial charge in [0.25, 0.3) is 11.7 Å². The van der Waals surface area contributed by atoms with Gasteiger partial charge in [-0.25, -0.2) is 0 Å². The molecule has 6 nitrogen and oxygen atoms in total. The zero-order chi connectivity index (χ0) is 22.8. The first-order valence-electron chi connectivity index (χ1n) is 9.80. The van der Waals surface area contributed by atoms with E-state index in [1.807, 2.05) is 0 Å². The standard InChI is InChI=1S/C25H20ClNO5/c1-31-18-11-12-19(20(14-18)32-2)22-21(23(28)15-7-4-3-5-8-15)24(29)25(30)27(22)17-10-6-9-16(26)13-17/h3-14,22,28H,1-2H3. The molecule has 1 saturated heterocycles. The van der Waals surface area contributed by atoms with Crippen molar-refractivity contribution < 1.29 is 24.2 Å². The highest BCUT2D eigenvalue weighted by atomic mass is 35.5. The van der Waals surface area contributed by atoms with Crippen LogP contribution in [0, 0.1) is 0 Å². The van der Waals surface area contributed by atoms with E-state index in [0.717, 1.165) is 0 Å². The third kappa shape index (κ3) is 3.69. The second-order valence-corrected chi connectivity index (χ2v) is 7.56. The van der Waals surface area contributed by atoms with Gasteiger partial charge in [0.15, 0.2) is 0 Å². The van der Waals surface area contributed by atoms with Gasteiger partial charge in [0.2, 0.25) is 0 Å². The van der Waals surface area contributed by atoms with Gasteiger partial charge in [0.05, 0.1) is 25.8 Å². The summed E-state index contributed by atoms with van der Waals surface area (Å²) in [4.78, 5) is 27.7. The van der Waals surface area contributed by atoms with Crippen molar-refractivity contribution in [2.45, 2.75) is 6.04 Å². The van der Waals surface area contributed by atoms with E-state index >= 15 is 0 Å². The van der Waals surface area contributed by atoms with Crippen LogP contribution in [0.4, 0.5) is 5.69 Å². The molecule has 1 unspecified atom stereocenters. The summed E-state index contributed by atoms with van der Waals surface area (Å²) in [5.41, 5.74) is 1.33. The second-order valence-electron chi connectivity index (χ2n) is 7.12. The van der Waals surface area contributed by atoms with Crippen LogP contribution in [0.5, 0.6) is 11.5 Å². The van der Waals surface area contributed by atoms with Gasteiger partial charge in [0, 0.05) is 27.9 Å². The van der Waals surface area contributed by atoms with Crippen molar-refractivity contribution in [2.24, 2.45) is 0 Å². The Hall–Kier alpha value is -3.77. The molecule has 162 valence electrons. The van der Waals surface area contributed by atoms with Crippen LogP contribution in [-0.4, -0.2) is 31.0 Å². The number of carbonyl (C=O) groups excluding carboxylic acids is 2. The largest absolute Gasteiger partial charge is 0.507 e. The molecule has 1 N–H and O–H groups in total. The number of carbonyl (C=O) groups is 2. The van der Waals surface area contributed by atoms with E-state index in [9.17, 15) is 14.7 Å². The van der Waals surface area contributed by atoms with Crippen molar-refractivity contribution in [2.75, 3.05) is 19.1 Å². The first-order chi connectivity index (χ1) is 15.5. The molecule has 7 heteroatoms. The quantitative estimate of drug-likeness (QED) is 0.337. The molecule has 0 aromatic heterocycles. The number of rotatable bonds is 5. The Morgan fingerprint density at radius 1 is 0.938 bits per heavy atom. The van der Waals surface area contributed by atoms with Crippen LogP contribution in [0.15, 0.2) is 78.4 Å². The monoisotopic (exact) mass is 449 g/mol. The summed E-state index contributed by atoms with van der Waals surface area (Å²) in [7, 11) is 3.02. The molecule has 4 rings (SSSR count). The van der Waals surface area contributed by atoms with Crippen LogP contribution in [0.1, 0.15) is 17.2 Å². The van der Waals surface area contributed by atoms with E-state index in [4.69, 9.17) is 21.1 Å². The van der Waals surface area contributed by atoms with Gasteiger partial charge in [-0.3, -0.25) is 14.5 Å². The van der Waals surface area contributed by atoms with E-state index in [1.54, 1.807) is 72.8 Å². The van der Waals surface area contributed by atoms with Gasteiger partial charge in [-0.05, 0) is 30.3 Å². The third-order valence-corrected chi connectivity index (χ3v) is 5.55. The van der Waals surface area contributed by atoms with Crippen molar-refractivity contribution in [3.63, 3.8) is 0 Å². The number of amides is 1. The Labute approximate surface area is 190 Å². The number of halogens is 1. The zero-order valence-electron chi connectivity index (χ0n) is 17.4. The highest BCUT2D eigenvalue weighted by molar-refractivity contribution is 6.51. The molecule has 0 saturated carbocycles. The number of nitrogens with zero attached hydrogens (tertiary/aromatic N) is 1. The number of benzene rings is 3. The number of hydrogen-bond acceptors (Lipinski definition) is 5. The van der Waals surface area contributed by atoms with Crippen LogP contribution in [0.2, 0.25) is 5.02 Å². The molecule has 1 atom stereocenters. The average Bonchev–Trinajstić information content (AvgIpc) is 3.08. The summed E-state index contributed by atoms with van der Waals surface area (Å²) >= 11 is 6.17.